The number of hydrogen-bond acceptors (Lipinski definition) is 3. The molecule has 0 radical (unpaired) electrons. The molecule has 0 saturated carbocycles. The van der Waals surface area contributed by atoms with Gasteiger partial charge in [0, 0.05) is 11.6 Å². The first kappa shape index (κ1) is 12.8. The van der Waals surface area contributed by atoms with Crippen molar-refractivity contribution in [2.24, 2.45) is 0 Å². The first-order valence-electron chi connectivity index (χ1n) is 7.10. The van der Waals surface area contributed by atoms with Gasteiger partial charge in [-0.25, -0.2) is 4.98 Å². The van der Waals surface area contributed by atoms with Crippen molar-refractivity contribution < 1.29 is 9.53 Å². The first-order valence-corrected chi connectivity index (χ1v) is 7.10. The fourth-order valence-electron chi connectivity index (χ4n) is 2.90. The molecule has 108 valence electrons. The van der Waals surface area contributed by atoms with Gasteiger partial charge < -0.3 is 4.74 Å². The molecule has 22 heavy (non-hydrogen) atoms. The van der Waals surface area contributed by atoms with E-state index in [0.717, 1.165) is 33.5 Å². The van der Waals surface area contributed by atoms with E-state index in [1.165, 1.54) is 0 Å². The van der Waals surface area contributed by atoms with Crippen molar-refractivity contribution in [2.75, 3.05) is 12.0 Å². The van der Waals surface area contributed by atoms with E-state index in [1.807, 2.05) is 48.5 Å². The third kappa shape index (κ3) is 1.84. The van der Waals surface area contributed by atoms with Crippen LogP contribution in [-0.2, 0) is 6.54 Å². The van der Waals surface area contributed by atoms with Gasteiger partial charge in [0.1, 0.15) is 11.6 Å². The molecule has 2 heterocycles. The highest BCUT2D eigenvalue weighted by Gasteiger charge is 2.30. The maximum absolute atomic E-state index is 12.7. The number of rotatable bonds is 3. The quantitative estimate of drug-likeness (QED) is 0.742. The van der Waals surface area contributed by atoms with E-state index in [1.54, 1.807) is 18.2 Å². The summed E-state index contributed by atoms with van der Waals surface area (Å²) in [7, 11) is 1.64. The lowest BCUT2D eigenvalue weighted by atomic mass is 10.1. The molecule has 1 aliphatic heterocycles. The number of pyridine rings is 1. The van der Waals surface area contributed by atoms with Gasteiger partial charge in [0.05, 0.1) is 19.2 Å². The average molecular weight is 290 g/mol. The topological polar surface area (TPSA) is 42.4 Å². The summed E-state index contributed by atoms with van der Waals surface area (Å²) in [5.74, 6) is 1.56. The standard InChI is InChI=1S/C18H14N2O2/c1-22-14-7-5-12(6-8-14)11-20-17-16-13(9-10-19-17)3-2-4-15(16)18(20)21/h2-10H,11H2,1H3. The Kier molecular flexibility index (Phi) is 2.82. The highest BCUT2D eigenvalue weighted by Crippen LogP contribution is 2.36. The second-order valence-electron chi connectivity index (χ2n) is 5.28. The zero-order valence-electron chi connectivity index (χ0n) is 12.1. The molecule has 4 nitrogen and oxygen atoms in total. The zero-order chi connectivity index (χ0) is 15.1. The number of nitrogens with zero attached hydrogens (tertiary/aromatic N) is 2. The predicted molar refractivity (Wildman–Crippen MR) is 85.3 cm³/mol. The van der Waals surface area contributed by atoms with E-state index < -0.39 is 0 Å². The fourth-order valence-corrected chi connectivity index (χ4v) is 2.90. The monoisotopic (exact) mass is 290 g/mol. The molecule has 1 aliphatic rings. The van der Waals surface area contributed by atoms with Crippen molar-refractivity contribution in [1.82, 2.24) is 4.98 Å². The number of carbonyl (C=O) groups is 1. The zero-order valence-corrected chi connectivity index (χ0v) is 12.1. The molecular weight excluding hydrogens is 276 g/mol. The highest BCUT2D eigenvalue weighted by atomic mass is 16.5. The molecule has 1 aromatic heterocycles. The van der Waals surface area contributed by atoms with Gasteiger partial charge in [-0.3, -0.25) is 9.69 Å². The van der Waals surface area contributed by atoms with Crippen LogP contribution in [0.3, 0.4) is 0 Å². The van der Waals surface area contributed by atoms with E-state index in [4.69, 9.17) is 4.74 Å². The summed E-state index contributed by atoms with van der Waals surface area (Å²) in [6.07, 6.45) is 1.75. The fraction of sp³-hybridized carbons (Fsp3) is 0.111. The van der Waals surface area contributed by atoms with Gasteiger partial charge in [-0.15, -0.1) is 0 Å². The minimum Gasteiger partial charge on any atom is -0.497 e. The largest absolute Gasteiger partial charge is 0.497 e. The maximum Gasteiger partial charge on any atom is 0.260 e. The molecule has 0 bridgehead atoms. The van der Waals surface area contributed by atoms with Crippen molar-refractivity contribution in [1.29, 1.82) is 0 Å². The summed E-state index contributed by atoms with van der Waals surface area (Å²) in [4.78, 5) is 18.8. The Labute approximate surface area is 128 Å². The third-order valence-electron chi connectivity index (χ3n) is 4.00. The van der Waals surface area contributed by atoms with Crippen LogP contribution in [0.5, 0.6) is 5.75 Å². The Morgan fingerprint density at radius 2 is 1.91 bits per heavy atom. The van der Waals surface area contributed by atoms with Crippen molar-refractivity contribution in [3.05, 3.63) is 65.9 Å². The Balaban J connectivity index is 1.75. The number of ether oxygens (including phenoxy) is 1. The smallest absolute Gasteiger partial charge is 0.260 e. The van der Waals surface area contributed by atoms with E-state index in [9.17, 15) is 4.79 Å². The molecule has 0 fully saturated rings. The molecular formula is C18H14N2O2. The Morgan fingerprint density at radius 1 is 1.09 bits per heavy atom. The minimum atomic E-state index is 0.00937. The molecule has 0 unspecified atom stereocenters. The predicted octanol–water partition coefficient (Wildman–Crippen LogP) is 3.40. The van der Waals surface area contributed by atoms with Gasteiger partial charge in [-0.05, 0) is 35.2 Å². The van der Waals surface area contributed by atoms with Crippen molar-refractivity contribution in [3.8, 4) is 5.75 Å². The lowest BCUT2D eigenvalue weighted by molar-refractivity contribution is 0.0991. The number of amides is 1. The van der Waals surface area contributed by atoms with Crippen LogP contribution in [-0.4, -0.2) is 18.0 Å². The summed E-state index contributed by atoms with van der Waals surface area (Å²) in [6, 6.07) is 15.5. The second-order valence-corrected chi connectivity index (χ2v) is 5.28. The van der Waals surface area contributed by atoms with Crippen LogP contribution in [0.1, 0.15) is 15.9 Å². The summed E-state index contributed by atoms with van der Waals surface area (Å²) >= 11 is 0. The highest BCUT2D eigenvalue weighted by molar-refractivity contribution is 6.23. The molecule has 4 heteroatoms. The Morgan fingerprint density at radius 3 is 2.68 bits per heavy atom. The number of carbonyl (C=O) groups excluding carboxylic acids is 1. The van der Waals surface area contributed by atoms with Gasteiger partial charge in [0.15, 0.2) is 0 Å². The molecule has 0 atom stereocenters. The van der Waals surface area contributed by atoms with E-state index in [0.29, 0.717) is 6.54 Å². The second kappa shape index (κ2) is 4.84. The number of aromatic nitrogens is 1. The van der Waals surface area contributed by atoms with E-state index in [-0.39, 0.29) is 5.91 Å². The molecule has 2 aromatic carbocycles. The lowest BCUT2D eigenvalue weighted by Gasteiger charge is -2.16. The van der Waals surface area contributed by atoms with Gasteiger partial charge in [0.25, 0.3) is 5.91 Å². The van der Waals surface area contributed by atoms with Gasteiger partial charge in [-0.1, -0.05) is 24.3 Å². The SMILES string of the molecule is COc1ccc(CN2C(=O)c3cccc4ccnc2c34)cc1. The van der Waals surface area contributed by atoms with Crippen LogP contribution in [0.15, 0.2) is 54.7 Å². The first-order chi connectivity index (χ1) is 10.8. The molecule has 0 spiro atoms. The van der Waals surface area contributed by atoms with Crippen molar-refractivity contribution in [3.63, 3.8) is 0 Å². The Hall–Kier alpha value is -2.88. The van der Waals surface area contributed by atoms with Gasteiger partial charge in [-0.2, -0.15) is 0 Å². The third-order valence-corrected chi connectivity index (χ3v) is 4.00. The molecule has 1 amide bonds. The van der Waals surface area contributed by atoms with Crippen LogP contribution in [0, 0.1) is 0 Å². The molecule has 4 rings (SSSR count). The maximum atomic E-state index is 12.7. The summed E-state index contributed by atoms with van der Waals surface area (Å²) in [5, 5.41) is 2.00. The van der Waals surface area contributed by atoms with Crippen LogP contribution in [0.2, 0.25) is 0 Å². The van der Waals surface area contributed by atoms with Crippen molar-refractivity contribution >= 4 is 22.5 Å². The minimum absolute atomic E-state index is 0.00937. The van der Waals surface area contributed by atoms with Gasteiger partial charge >= 0.3 is 0 Å². The number of methoxy groups -OCH3 is 1. The van der Waals surface area contributed by atoms with Gasteiger partial charge in [0.2, 0.25) is 0 Å². The van der Waals surface area contributed by atoms with Crippen LogP contribution in [0.25, 0.3) is 10.8 Å². The molecule has 0 aliphatic carbocycles. The number of benzene rings is 2. The summed E-state index contributed by atoms with van der Waals surface area (Å²) in [6.45, 7) is 0.504. The lowest BCUT2D eigenvalue weighted by Crippen LogP contribution is -2.26. The number of hydrogen-bond donors (Lipinski definition) is 0. The van der Waals surface area contributed by atoms with Crippen LogP contribution < -0.4 is 9.64 Å². The van der Waals surface area contributed by atoms with Crippen LogP contribution >= 0.6 is 0 Å². The molecule has 0 N–H and O–H groups in total. The Bertz CT molecular complexity index is 867. The molecule has 0 saturated heterocycles. The van der Waals surface area contributed by atoms with Crippen molar-refractivity contribution in [2.45, 2.75) is 6.54 Å². The van der Waals surface area contributed by atoms with Crippen LogP contribution in [0.4, 0.5) is 5.82 Å². The normalized spacial score (nSPS) is 13.0. The summed E-state index contributed by atoms with van der Waals surface area (Å²) in [5.41, 5.74) is 1.77. The molecule has 3 aromatic rings. The number of anilines is 1. The van der Waals surface area contributed by atoms with E-state index in [2.05, 4.69) is 4.98 Å². The summed E-state index contributed by atoms with van der Waals surface area (Å²) < 4.78 is 5.16. The average Bonchev–Trinajstić information content (AvgIpc) is 2.84. The van der Waals surface area contributed by atoms with E-state index >= 15 is 0 Å².